The van der Waals surface area contributed by atoms with E-state index < -0.39 is 0 Å². The van der Waals surface area contributed by atoms with Gasteiger partial charge in [-0.1, -0.05) is 0 Å². The van der Waals surface area contributed by atoms with Gasteiger partial charge in [0.2, 0.25) is 0 Å². The van der Waals surface area contributed by atoms with Gasteiger partial charge in [0, 0.05) is 11.7 Å². The molecule has 2 nitrogen and oxygen atoms in total. The van der Waals surface area contributed by atoms with Crippen LogP contribution in [0.3, 0.4) is 0 Å². The Balaban J connectivity index is 2.10. The molecule has 1 aliphatic rings. The number of anilines is 1. The van der Waals surface area contributed by atoms with Crippen LogP contribution in [0.1, 0.15) is 12.0 Å². The number of nitrogens with one attached hydrogen (secondary N) is 1. The van der Waals surface area contributed by atoms with Crippen LogP contribution in [0.25, 0.3) is 0 Å². The third-order valence-electron chi connectivity index (χ3n) is 2.39. The number of hydrogen-bond donors (Lipinski definition) is 2. The molecule has 1 saturated heterocycles. The molecule has 1 aromatic carbocycles. The van der Waals surface area contributed by atoms with Crippen molar-refractivity contribution in [1.82, 2.24) is 5.32 Å². The number of halogens is 1. The third-order valence-corrected chi connectivity index (χ3v) is 2.39. The van der Waals surface area contributed by atoms with Crippen molar-refractivity contribution in [2.45, 2.75) is 18.9 Å². The zero-order valence-electron chi connectivity index (χ0n) is 7.39. The zero-order chi connectivity index (χ0) is 9.26. The van der Waals surface area contributed by atoms with Crippen molar-refractivity contribution in [3.8, 4) is 0 Å². The van der Waals surface area contributed by atoms with Crippen LogP contribution in [0, 0.1) is 5.82 Å². The molecule has 1 fully saturated rings. The normalized spacial score (nSPS) is 21.2. The molecule has 13 heavy (non-hydrogen) atoms. The van der Waals surface area contributed by atoms with Crippen molar-refractivity contribution >= 4 is 5.69 Å². The van der Waals surface area contributed by atoms with Crippen LogP contribution >= 0.6 is 0 Å². The molecule has 0 radical (unpaired) electrons. The number of rotatable bonds is 2. The van der Waals surface area contributed by atoms with Crippen LogP contribution in [0.2, 0.25) is 0 Å². The van der Waals surface area contributed by atoms with Crippen molar-refractivity contribution in [2.75, 3.05) is 12.3 Å². The Bertz CT molecular complexity index is 288. The van der Waals surface area contributed by atoms with Crippen molar-refractivity contribution in [1.29, 1.82) is 0 Å². The summed E-state index contributed by atoms with van der Waals surface area (Å²) in [7, 11) is 0. The zero-order valence-corrected chi connectivity index (χ0v) is 7.39. The average Bonchev–Trinajstić information content (AvgIpc) is 1.95. The second-order valence-electron chi connectivity index (χ2n) is 3.54. The van der Waals surface area contributed by atoms with Gasteiger partial charge in [-0.05, 0) is 43.1 Å². The molecule has 0 aromatic heterocycles. The lowest BCUT2D eigenvalue weighted by molar-refractivity contribution is 0.369. The fourth-order valence-electron chi connectivity index (χ4n) is 1.60. The summed E-state index contributed by atoms with van der Waals surface area (Å²) >= 11 is 0. The number of nitrogen functional groups attached to an aromatic ring is 1. The lowest BCUT2D eigenvalue weighted by Gasteiger charge is -2.27. The first-order chi connectivity index (χ1) is 6.24. The lowest BCUT2D eigenvalue weighted by Crippen LogP contribution is -2.44. The summed E-state index contributed by atoms with van der Waals surface area (Å²) in [6.45, 7) is 1.08. The van der Waals surface area contributed by atoms with Crippen molar-refractivity contribution in [3.63, 3.8) is 0 Å². The maximum atomic E-state index is 12.9. The van der Waals surface area contributed by atoms with E-state index in [1.807, 2.05) is 6.07 Å². The molecule has 1 unspecified atom stereocenters. The average molecular weight is 180 g/mol. The molecule has 3 N–H and O–H groups in total. The quantitative estimate of drug-likeness (QED) is 0.673. The molecule has 0 bridgehead atoms. The van der Waals surface area contributed by atoms with Crippen LogP contribution in [0.15, 0.2) is 18.2 Å². The Labute approximate surface area is 76.9 Å². The maximum Gasteiger partial charge on any atom is 0.125 e. The first-order valence-corrected chi connectivity index (χ1v) is 4.52. The standard InChI is InChI=1S/C10H13FN2/c11-8-3-7(4-9(12)6-8)5-10-1-2-13-10/h3-4,6,10,13H,1-2,5,12H2. The molecule has 70 valence electrons. The van der Waals surface area contributed by atoms with Gasteiger partial charge < -0.3 is 11.1 Å². The van der Waals surface area contributed by atoms with Gasteiger partial charge in [0.25, 0.3) is 0 Å². The van der Waals surface area contributed by atoms with E-state index in [0.717, 1.165) is 18.5 Å². The fourth-order valence-corrected chi connectivity index (χ4v) is 1.60. The van der Waals surface area contributed by atoms with E-state index in [2.05, 4.69) is 5.32 Å². The van der Waals surface area contributed by atoms with Crippen LogP contribution in [-0.4, -0.2) is 12.6 Å². The Kier molecular flexibility index (Phi) is 2.19. The van der Waals surface area contributed by atoms with E-state index in [9.17, 15) is 4.39 Å². The largest absolute Gasteiger partial charge is 0.399 e. The first kappa shape index (κ1) is 8.51. The van der Waals surface area contributed by atoms with Crippen molar-refractivity contribution in [3.05, 3.63) is 29.6 Å². The molecule has 0 amide bonds. The monoisotopic (exact) mass is 180 g/mol. The summed E-state index contributed by atoms with van der Waals surface area (Å²) < 4.78 is 12.9. The van der Waals surface area contributed by atoms with Gasteiger partial charge in [-0.2, -0.15) is 0 Å². The van der Waals surface area contributed by atoms with E-state index in [0.29, 0.717) is 11.7 Å². The highest BCUT2D eigenvalue weighted by atomic mass is 19.1. The van der Waals surface area contributed by atoms with Gasteiger partial charge >= 0.3 is 0 Å². The number of benzene rings is 1. The minimum atomic E-state index is -0.241. The van der Waals surface area contributed by atoms with E-state index >= 15 is 0 Å². The van der Waals surface area contributed by atoms with Crippen LogP contribution < -0.4 is 11.1 Å². The highest BCUT2D eigenvalue weighted by molar-refractivity contribution is 5.41. The van der Waals surface area contributed by atoms with Crippen molar-refractivity contribution < 1.29 is 4.39 Å². The summed E-state index contributed by atoms with van der Waals surface area (Å²) in [5.74, 6) is -0.241. The SMILES string of the molecule is Nc1cc(F)cc(CC2CCN2)c1. The summed E-state index contributed by atoms with van der Waals surface area (Å²) in [6.07, 6.45) is 2.05. The van der Waals surface area contributed by atoms with Crippen LogP contribution in [-0.2, 0) is 6.42 Å². The number of nitrogens with two attached hydrogens (primary N) is 1. The third kappa shape index (κ3) is 1.98. The summed E-state index contributed by atoms with van der Waals surface area (Å²) in [6, 6.07) is 5.25. The highest BCUT2D eigenvalue weighted by Crippen LogP contribution is 2.15. The van der Waals surface area contributed by atoms with E-state index in [1.54, 1.807) is 6.07 Å². The van der Waals surface area contributed by atoms with Gasteiger partial charge in [-0.15, -0.1) is 0 Å². The van der Waals surface area contributed by atoms with Crippen LogP contribution in [0.5, 0.6) is 0 Å². The van der Waals surface area contributed by atoms with E-state index in [-0.39, 0.29) is 5.82 Å². The molecule has 1 heterocycles. The first-order valence-electron chi connectivity index (χ1n) is 4.52. The number of hydrogen-bond acceptors (Lipinski definition) is 2. The molecule has 0 saturated carbocycles. The fraction of sp³-hybridized carbons (Fsp3) is 0.400. The molecule has 2 rings (SSSR count). The Morgan fingerprint density at radius 1 is 1.46 bits per heavy atom. The van der Waals surface area contributed by atoms with Gasteiger partial charge in [-0.3, -0.25) is 0 Å². The molecule has 0 spiro atoms. The molecule has 1 aromatic rings. The van der Waals surface area contributed by atoms with Gasteiger partial charge in [-0.25, -0.2) is 4.39 Å². The minimum Gasteiger partial charge on any atom is -0.399 e. The molecule has 0 aliphatic carbocycles. The second-order valence-corrected chi connectivity index (χ2v) is 3.54. The van der Waals surface area contributed by atoms with Gasteiger partial charge in [0.05, 0.1) is 0 Å². The Morgan fingerprint density at radius 3 is 2.77 bits per heavy atom. The smallest absolute Gasteiger partial charge is 0.125 e. The summed E-state index contributed by atoms with van der Waals surface area (Å²) in [5.41, 5.74) is 7.02. The predicted molar refractivity (Wildman–Crippen MR) is 50.9 cm³/mol. The molecule has 3 heteroatoms. The maximum absolute atomic E-state index is 12.9. The molecular formula is C10H13FN2. The van der Waals surface area contributed by atoms with Gasteiger partial charge in [0.15, 0.2) is 0 Å². The molecule has 1 atom stereocenters. The topological polar surface area (TPSA) is 38.0 Å². The van der Waals surface area contributed by atoms with Crippen LogP contribution in [0.4, 0.5) is 10.1 Å². The Hall–Kier alpha value is -1.09. The minimum absolute atomic E-state index is 0.241. The van der Waals surface area contributed by atoms with Crippen molar-refractivity contribution in [2.24, 2.45) is 0 Å². The lowest BCUT2D eigenvalue weighted by atomic mass is 9.98. The molecular weight excluding hydrogens is 167 g/mol. The highest BCUT2D eigenvalue weighted by Gasteiger charge is 2.16. The predicted octanol–water partition coefficient (Wildman–Crippen LogP) is 1.31. The summed E-state index contributed by atoms with van der Waals surface area (Å²) in [4.78, 5) is 0. The Morgan fingerprint density at radius 2 is 2.23 bits per heavy atom. The van der Waals surface area contributed by atoms with E-state index in [1.165, 1.54) is 12.5 Å². The molecule has 1 aliphatic heterocycles. The van der Waals surface area contributed by atoms with E-state index in [4.69, 9.17) is 5.73 Å². The summed E-state index contributed by atoms with van der Waals surface area (Å²) in [5, 5.41) is 3.27. The second kappa shape index (κ2) is 3.34. The van der Waals surface area contributed by atoms with Gasteiger partial charge in [0.1, 0.15) is 5.82 Å².